The molecule has 2 amide bonds. The van der Waals surface area contributed by atoms with Crippen molar-refractivity contribution in [3.8, 4) is 0 Å². The summed E-state index contributed by atoms with van der Waals surface area (Å²) in [5.41, 5.74) is 0. The molecule has 0 bridgehead atoms. The maximum absolute atomic E-state index is 12.7. The molecule has 0 saturated carbocycles. The second kappa shape index (κ2) is 22.3. The number of aliphatic hydroxyl groups is 8. The van der Waals surface area contributed by atoms with Gasteiger partial charge in [0.15, 0.2) is 12.6 Å². The van der Waals surface area contributed by atoms with Gasteiger partial charge in [0.05, 0.1) is 44.2 Å². The normalized spacial score (nSPS) is 29.7. The third-order valence-corrected chi connectivity index (χ3v) is 7.71. The molecule has 2 fully saturated rings. The average molecular weight is 870 g/mol. The van der Waals surface area contributed by atoms with E-state index in [-0.39, 0.29) is 66.1 Å². The van der Waals surface area contributed by atoms with E-state index in [4.69, 9.17) is 9.47 Å². The average Bonchev–Trinajstić information content (AvgIpc) is 3.01. The van der Waals surface area contributed by atoms with Crippen molar-refractivity contribution >= 4 is 29.7 Å². The second-order valence-corrected chi connectivity index (χ2v) is 11.5. The van der Waals surface area contributed by atoms with E-state index in [9.17, 15) is 80.1 Å². The number of amides is 2. The molecule has 2 rings (SSSR count). The van der Waals surface area contributed by atoms with Gasteiger partial charge in [-0.15, -0.1) is 0 Å². The van der Waals surface area contributed by atoms with Gasteiger partial charge < -0.3 is 90.7 Å². The monoisotopic (exact) mass is 870 g/mol. The van der Waals surface area contributed by atoms with Gasteiger partial charge in [-0.05, 0) is 0 Å². The topological polar surface area (TPSA) is 369 Å². The number of aliphatic hydroxyl groups excluding tert-OH is 8. The molecular weight excluding hydrogens is 828 g/mol. The third-order valence-electron chi connectivity index (χ3n) is 7.71. The molecule has 0 aromatic rings. The Morgan fingerprint density at radius 2 is 0.820 bits per heavy atom. The molecule has 0 aromatic heterocycles. The maximum Gasteiger partial charge on any atom is 3.00 e. The molecule has 2 saturated heterocycles. The first-order valence-corrected chi connectivity index (χ1v) is 14.9. The van der Waals surface area contributed by atoms with Crippen LogP contribution in [0.3, 0.4) is 0 Å². The van der Waals surface area contributed by atoms with Gasteiger partial charge in [0, 0.05) is 45.8 Å². The van der Waals surface area contributed by atoms with Crippen molar-refractivity contribution in [2.75, 3.05) is 72.1 Å². The van der Waals surface area contributed by atoms with E-state index in [0.717, 1.165) is 14.7 Å². The molecule has 1 radical (unpaired) electrons. The molecule has 4 unspecified atom stereocenters. The molecule has 2 aliphatic heterocycles. The minimum absolute atomic E-state index is 0. The van der Waals surface area contributed by atoms with Crippen LogP contribution in [0.4, 0.5) is 0 Å². The Bertz CT molecular complexity index is 1050. The van der Waals surface area contributed by atoms with Gasteiger partial charge in [-0.2, -0.15) is 0 Å². The van der Waals surface area contributed by atoms with Crippen LogP contribution in [0.2, 0.25) is 0 Å². The zero-order chi connectivity index (χ0) is 37.0. The van der Waals surface area contributed by atoms with Crippen LogP contribution in [0, 0.1) is 39.9 Å². The van der Waals surface area contributed by atoms with Gasteiger partial charge in [-0.3, -0.25) is 24.3 Å². The second-order valence-electron chi connectivity index (χ2n) is 11.5. The molecule has 0 spiro atoms. The van der Waals surface area contributed by atoms with Crippen molar-refractivity contribution in [1.29, 1.82) is 0 Å². The number of carboxylic acid groups (broad SMARTS) is 3. The van der Waals surface area contributed by atoms with Gasteiger partial charge >= 0.3 is 39.9 Å². The third kappa shape index (κ3) is 14.6. The quantitative estimate of drug-likeness (QED) is 0.0543. The van der Waals surface area contributed by atoms with E-state index in [1.54, 1.807) is 0 Å². The van der Waals surface area contributed by atoms with E-state index in [1.807, 2.05) is 0 Å². The Kier molecular flexibility index (Phi) is 20.6. The van der Waals surface area contributed by atoms with Crippen LogP contribution in [-0.2, 0) is 33.4 Å². The molecule has 287 valence electrons. The van der Waals surface area contributed by atoms with E-state index in [0.29, 0.717) is 0 Å². The SMILES string of the molecule is O=C([O-])CN(CCN(CC(=O)[O-])CC(=O)NC1C(O)O[C@@H](CO)[C@@H](O)[C@@H]1O)CCN(CC(=O)[O-])CC(=O)NC1C(O)O[C@H](CO)[C@H](O)[C@H]1O.[Gd+3]. The smallest absolute Gasteiger partial charge is 0.549 e. The standard InChI is InChI=1S/C26H45N5O18.Gd/c32-10-12-21(42)23(44)19(25(46)48-12)27-14(34)5-30(8-17(38)39)3-1-29(7-16(36)37)2-4-31(9-18(40)41)6-15(35)28-20-24(45)22(43)13(11-33)49-26(20)47;/h12-13,19-26,32-33,42-47H,1-11H2,(H,27,34)(H,28,35)(H,36,37)(H,38,39)(H,40,41);/q;+3/p-3/t12-,13+,19?,20?,21+,22-,23+,24-,25?,26?;. The summed E-state index contributed by atoms with van der Waals surface area (Å²) in [7, 11) is 0. The summed E-state index contributed by atoms with van der Waals surface area (Å²) in [6.07, 6.45) is -13.3. The number of ether oxygens (including phenoxy) is 2. The van der Waals surface area contributed by atoms with Crippen LogP contribution < -0.4 is 26.0 Å². The summed E-state index contributed by atoms with van der Waals surface area (Å²) in [5, 5.41) is 117. The predicted molar refractivity (Wildman–Crippen MR) is 148 cm³/mol. The van der Waals surface area contributed by atoms with Crippen LogP contribution in [0.15, 0.2) is 0 Å². The van der Waals surface area contributed by atoms with Gasteiger partial charge in [0.1, 0.15) is 48.7 Å². The summed E-state index contributed by atoms with van der Waals surface area (Å²) >= 11 is 0. The first-order valence-electron chi connectivity index (χ1n) is 14.9. The van der Waals surface area contributed by atoms with Crippen LogP contribution in [0.1, 0.15) is 0 Å². The number of rotatable bonds is 20. The van der Waals surface area contributed by atoms with Crippen molar-refractivity contribution < 1.29 is 130 Å². The molecule has 2 aliphatic rings. The molecule has 10 atom stereocenters. The summed E-state index contributed by atoms with van der Waals surface area (Å²) in [4.78, 5) is 62.6. The van der Waals surface area contributed by atoms with Crippen LogP contribution in [0.5, 0.6) is 0 Å². The van der Waals surface area contributed by atoms with Gasteiger partial charge in [-0.25, -0.2) is 0 Å². The van der Waals surface area contributed by atoms with E-state index < -0.39 is 137 Å². The van der Waals surface area contributed by atoms with E-state index >= 15 is 0 Å². The number of carbonyl (C=O) groups excluding carboxylic acids is 5. The Labute approximate surface area is 316 Å². The fraction of sp³-hybridized carbons (Fsp3) is 0.808. The summed E-state index contributed by atoms with van der Waals surface area (Å²) in [6, 6.07) is -3.15. The van der Waals surface area contributed by atoms with Gasteiger partial charge in [-0.1, -0.05) is 0 Å². The number of carboxylic acids is 3. The number of carbonyl (C=O) groups is 5. The fourth-order valence-electron chi connectivity index (χ4n) is 5.19. The number of hydrogen-bond donors (Lipinski definition) is 10. The van der Waals surface area contributed by atoms with Crippen molar-refractivity contribution in [2.24, 2.45) is 0 Å². The Balaban J connectivity index is 0.0000125. The van der Waals surface area contributed by atoms with Gasteiger partial charge in [0.25, 0.3) is 0 Å². The Morgan fingerprint density at radius 3 is 1.12 bits per heavy atom. The largest absolute Gasteiger partial charge is 3.00 e. The first-order chi connectivity index (χ1) is 23.0. The summed E-state index contributed by atoms with van der Waals surface area (Å²) < 4.78 is 9.90. The number of nitrogens with zero attached hydrogens (tertiary/aromatic N) is 3. The summed E-state index contributed by atoms with van der Waals surface area (Å²) in [5.74, 6) is -6.78. The van der Waals surface area contributed by atoms with E-state index in [2.05, 4.69) is 10.6 Å². The molecular formula is C26H42GdN5O18. The molecule has 23 nitrogen and oxygen atoms in total. The van der Waals surface area contributed by atoms with Crippen molar-refractivity contribution in [3.05, 3.63) is 0 Å². The zero-order valence-corrected chi connectivity index (χ0v) is 28.7. The summed E-state index contributed by atoms with van der Waals surface area (Å²) in [6.45, 7) is -6.52. The molecule has 0 aliphatic carbocycles. The number of nitrogens with one attached hydrogen (secondary N) is 2. The fourth-order valence-corrected chi connectivity index (χ4v) is 5.19. The molecule has 10 N–H and O–H groups in total. The Hall–Kier alpha value is -1.85. The van der Waals surface area contributed by atoms with Crippen LogP contribution in [0.25, 0.3) is 0 Å². The van der Waals surface area contributed by atoms with Crippen LogP contribution >= 0.6 is 0 Å². The van der Waals surface area contributed by atoms with Crippen molar-refractivity contribution in [1.82, 2.24) is 25.3 Å². The number of aliphatic carboxylic acids is 3. The minimum Gasteiger partial charge on any atom is -0.549 e. The van der Waals surface area contributed by atoms with Crippen molar-refractivity contribution in [3.63, 3.8) is 0 Å². The van der Waals surface area contributed by atoms with Gasteiger partial charge in [0.2, 0.25) is 11.8 Å². The number of hydrogen-bond acceptors (Lipinski definition) is 21. The zero-order valence-electron chi connectivity index (χ0n) is 26.4. The Morgan fingerprint density at radius 1 is 0.520 bits per heavy atom. The molecule has 50 heavy (non-hydrogen) atoms. The molecule has 0 aromatic carbocycles. The van der Waals surface area contributed by atoms with Crippen molar-refractivity contribution in [2.45, 2.75) is 61.3 Å². The molecule has 2 heterocycles. The molecule has 24 heteroatoms. The van der Waals surface area contributed by atoms with E-state index in [1.165, 1.54) is 0 Å². The first kappa shape index (κ1) is 46.2. The maximum atomic E-state index is 12.7. The predicted octanol–water partition coefficient (Wildman–Crippen LogP) is -13.0. The van der Waals surface area contributed by atoms with Crippen LogP contribution in [-0.4, -0.2) is 219 Å². The minimum atomic E-state index is -1.85.